The molecule has 2 N–H and O–H groups in total. The summed E-state index contributed by atoms with van der Waals surface area (Å²) in [6.45, 7) is -0.368. The van der Waals surface area contributed by atoms with Crippen LogP contribution in [0.5, 0.6) is 5.75 Å². The van der Waals surface area contributed by atoms with Crippen LogP contribution in [-0.4, -0.2) is 36.4 Å². The van der Waals surface area contributed by atoms with Gasteiger partial charge < -0.3 is 15.4 Å². The molecule has 32 heavy (non-hydrogen) atoms. The lowest BCUT2D eigenvalue weighted by Crippen LogP contribution is -2.38. The third-order valence-electron chi connectivity index (χ3n) is 4.97. The van der Waals surface area contributed by atoms with Crippen molar-refractivity contribution in [1.29, 1.82) is 0 Å². The highest BCUT2D eigenvalue weighted by atomic mass is 16.5. The van der Waals surface area contributed by atoms with E-state index in [4.69, 9.17) is 4.74 Å². The van der Waals surface area contributed by atoms with Crippen LogP contribution in [0, 0.1) is 0 Å². The van der Waals surface area contributed by atoms with Crippen molar-refractivity contribution in [3.05, 3.63) is 90.1 Å². The van der Waals surface area contributed by atoms with E-state index in [0.29, 0.717) is 5.69 Å². The number of hydrogen-bond donors (Lipinski definition) is 2. The Bertz CT molecular complexity index is 1170. The van der Waals surface area contributed by atoms with Gasteiger partial charge in [0.05, 0.1) is 7.11 Å². The lowest BCUT2D eigenvalue weighted by atomic mass is 10.0. The van der Waals surface area contributed by atoms with Crippen molar-refractivity contribution in [3.8, 4) is 16.9 Å². The van der Waals surface area contributed by atoms with Crippen molar-refractivity contribution in [2.75, 3.05) is 19.0 Å². The molecule has 1 heterocycles. The van der Waals surface area contributed by atoms with Crippen LogP contribution in [0.4, 0.5) is 10.5 Å². The number of ether oxygens (including phenoxy) is 1. The van der Waals surface area contributed by atoms with E-state index >= 15 is 0 Å². The van der Waals surface area contributed by atoms with E-state index < -0.39 is 17.8 Å². The molecule has 4 rings (SSSR count). The number of carbonyl (C=O) groups excluding carboxylic acids is 3. The van der Waals surface area contributed by atoms with E-state index in [1.54, 1.807) is 37.5 Å². The summed E-state index contributed by atoms with van der Waals surface area (Å²) in [4.78, 5) is 38.0. The van der Waals surface area contributed by atoms with Crippen LogP contribution in [0.1, 0.15) is 5.56 Å². The van der Waals surface area contributed by atoms with Crippen LogP contribution in [0.15, 0.2) is 84.6 Å². The molecule has 1 aliphatic heterocycles. The number of nitrogens with zero attached hydrogens (tertiary/aromatic N) is 1. The average molecular weight is 427 g/mol. The van der Waals surface area contributed by atoms with Gasteiger partial charge in [0.1, 0.15) is 18.0 Å². The second-order valence-corrected chi connectivity index (χ2v) is 7.14. The summed E-state index contributed by atoms with van der Waals surface area (Å²) < 4.78 is 5.18. The normalized spacial score (nSPS) is 14.4. The largest absolute Gasteiger partial charge is 0.497 e. The van der Waals surface area contributed by atoms with Gasteiger partial charge in [-0.15, -0.1) is 0 Å². The first-order valence-corrected chi connectivity index (χ1v) is 9.97. The molecule has 7 heteroatoms. The highest BCUT2D eigenvalue weighted by Crippen LogP contribution is 2.23. The van der Waals surface area contributed by atoms with E-state index in [-0.39, 0.29) is 12.2 Å². The van der Waals surface area contributed by atoms with Crippen molar-refractivity contribution in [1.82, 2.24) is 10.2 Å². The lowest BCUT2D eigenvalue weighted by Gasteiger charge is -2.11. The average Bonchev–Trinajstić information content (AvgIpc) is 3.07. The first kappa shape index (κ1) is 20.9. The van der Waals surface area contributed by atoms with Gasteiger partial charge in [0, 0.05) is 5.69 Å². The Kier molecular flexibility index (Phi) is 5.98. The summed E-state index contributed by atoms with van der Waals surface area (Å²) in [7, 11) is 1.62. The fourth-order valence-electron chi connectivity index (χ4n) is 3.30. The number of urea groups is 1. The number of hydrogen-bond acceptors (Lipinski definition) is 4. The number of para-hydroxylation sites is 1. The van der Waals surface area contributed by atoms with Gasteiger partial charge in [0.2, 0.25) is 5.91 Å². The lowest BCUT2D eigenvalue weighted by molar-refractivity contribution is -0.127. The van der Waals surface area contributed by atoms with E-state index in [9.17, 15) is 14.4 Å². The maximum atomic E-state index is 12.6. The van der Waals surface area contributed by atoms with Crippen LogP contribution in [0.25, 0.3) is 17.2 Å². The summed E-state index contributed by atoms with van der Waals surface area (Å²) in [6, 6.07) is 23.5. The molecule has 0 aromatic heterocycles. The van der Waals surface area contributed by atoms with Gasteiger partial charge in [-0.25, -0.2) is 9.69 Å². The number of imide groups is 1. The molecule has 1 aliphatic rings. The Morgan fingerprint density at radius 1 is 0.938 bits per heavy atom. The molecule has 7 nitrogen and oxygen atoms in total. The fraction of sp³-hybridized carbons (Fsp3) is 0.0800. The molecule has 3 aromatic rings. The van der Waals surface area contributed by atoms with Gasteiger partial charge in [-0.2, -0.15) is 0 Å². The molecule has 1 fully saturated rings. The van der Waals surface area contributed by atoms with E-state index in [1.807, 2.05) is 54.6 Å². The molecule has 4 amide bonds. The van der Waals surface area contributed by atoms with Crippen LogP contribution >= 0.6 is 0 Å². The molecular formula is C25H21N3O4. The molecule has 0 saturated carbocycles. The molecule has 0 bridgehead atoms. The van der Waals surface area contributed by atoms with Crippen LogP contribution in [0.2, 0.25) is 0 Å². The summed E-state index contributed by atoms with van der Waals surface area (Å²) in [6.07, 6.45) is 1.59. The van der Waals surface area contributed by atoms with Gasteiger partial charge >= 0.3 is 6.03 Å². The zero-order valence-corrected chi connectivity index (χ0v) is 17.4. The standard InChI is InChI=1S/C25H21N3O4/c1-32-21-13-11-19(12-14-21)18-9-7-17(8-10-18)15-22-24(30)28(25(31)27-22)16-23(29)26-20-5-3-2-4-6-20/h2-15H,16H2,1H3,(H,26,29)(H,27,31)/b22-15-. The zero-order chi connectivity index (χ0) is 22.5. The number of anilines is 1. The van der Waals surface area contributed by atoms with Gasteiger partial charge in [0.25, 0.3) is 5.91 Å². The smallest absolute Gasteiger partial charge is 0.329 e. The zero-order valence-electron chi connectivity index (χ0n) is 17.4. The first-order chi connectivity index (χ1) is 15.5. The third kappa shape index (κ3) is 4.67. The molecule has 0 radical (unpaired) electrons. The van der Waals surface area contributed by atoms with Gasteiger partial charge in [0.15, 0.2) is 0 Å². The van der Waals surface area contributed by atoms with Crippen molar-refractivity contribution in [2.24, 2.45) is 0 Å². The van der Waals surface area contributed by atoms with Crippen molar-refractivity contribution < 1.29 is 19.1 Å². The maximum absolute atomic E-state index is 12.6. The second kappa shape index (κ2) is 9.18. The number of amides is 4. The summed E-state index contributed by atoms with van der Waals surface area (Å²) in [5, 5.41) is 5.20. The van der Waals surface area contributed by atoms with Gasteiger partial charge in [-0.3, -0.25) is 9.59 Å². The van der Waals surface area contributed by atoms with Crippen molar-refractivity contribution in [2.45, 2.75) is 0 Å². The third-order valence-corrected chi connectivity index (χ3v) is 4.97. The minimum Gasteiger partial charge on any atom is -0.497 e. The molecular weight excluding hydrogens is 406 g/mol. The highest BCUT2D eigenvalue weighted by Gasteiger charge is 2.34. The molecule has 0 spiro atoms. The summed E-state index contributed by atoms with van der Waals surface area (Å²) in [5.41, 5.74) is 3.51. The molecule has 160 valence electrons. The van der Waals surface area contributed by atoms with Crippen molar-refractivity contribution in [3.63, 3.8) is 0 Å². The Labute approximate surface area is 185 Å². The number of nitrogens with one attached hydrogen (secondary N) is 2. The fourth-order valence-corrected chi connectivity index (χ4v) is 3.30. The van der Waals surface area contributed by atoms with E-state index in [0.717, 1.165) is 27.3 Å². The minimum atomic E-state index is -0.626. The highest BCUT2D eigenvalue weighted by molar-refractivity contribution is 6.15. The Morgan fingerprint density at radius 3 is 2.19 bits per heavy atom. The monoisotopic (exact) mass is 427 g/mol. The number of carbonyl (C=O) groups is 3. The molecule has 0 atom stereocenters. The van der Waals surface area contributed by atoms with Crippen LogP contribution in [-0.2, 0) is 9.59 Å². The Morgan fingerprint density at radius 2 is 1.56 bits per heavy atom. The predicted molar refractivity (Wildman–Crippen MR) is 122 cm³/mol. The van der Waals surface area contributed by atoms with E-state index in [2.05, 4.69) is 10.6 Å². The summed E-state index contributed by atoms with van der Waals surface area (Å²) >= 11 is 0. The molecule has 3 aromatic carbocycles. The van der Waals surface area contributed by atoms with Crippen molar-refractivity contribution >= 4 is 29.6 Å². The number of methoxy groups -OCH3 is 1. The van der Waals surface area contributed by atoms with Gasteiger partial charge in [-0.05, 0) is 47.0 Å². The molecule has 0 unspecified atom stereocenters. The number of rotatable bonds is 6. The summed E-state index contributed by atoms with van der Waals surface area (Å²) in [5.74, 6) is -0.213. The molecule has 0 aliphatic carbocycles. The maximum Gasteiger partial charge on any atom is 0.329 e. The quantitative estimate of drug-likeness (QED) is 0.461. The topological polar surface area (TPSA) is 87.7 Å². The van der Waals surface area contributed by atoms with Gasteiger partial charge in [-0.1, -0.05) is 54.6 Å². The minimum absolute atomic E-state index is 0.125. The van der Waals surface area contributed by atoms with E-state index in [1.165, 1.54) is 0 Å². The molecule has 1 saturated heterocycles. The SMILES string of the molecule is COc1ccc(-c2ccc(/C=C3\NC(=O)N(CC(=O)Nc4ccccc4)C3=O)cc2)cc1. The van der Waals surface area contributed by atoms with Crippen LogP contribution < -0.4 is 15.4 Å². The second-order valence-electron chi connectivity index (χ2n) is 7.14. The first-order valence-electron chi connectivity index (χ1n) is 9.97. The number of benzene rings is 3. The Balaban J connectivity index is 1.43. The predicted octanol–water partition coefficient (Wildman–Crippen LogP) is 3.89. The Hall–Kier alpha value is -4.39. The van der Waals surface area contributed by atoms with Crippen LogP contribution in [0.3, 0.4) is 0 Å².